The SMILES string of the molecule is CN(CCC#N)c1nc2ccccc2cc1CBr. The largest absolute Gasteiger partial charge is 0.358 e. The van der Waals surface area contributed by atoms with E-state index in [1.165, 1.54) is 0 Å². The van der Waals surface area contributed by atoms with Gasteiger partial charge in [0.2, 0.25) is 0 Å². The van der Waals surface area contributed by atoms with Gasteiger partial charge in [0.15, 0.2) is 0 Å². The topological polar surface area (TPSA) is 39.9 Å². The van der Waals surface area contributed by atoms with Gasteiger partial charge in [0.1, 0.15) is 5.82 Å². The number of hydrogen-bond donors (Lipinski definition) is 0. The Hall–Kier alpha value is -1.60. The summed E-state index contributed by atoms with van der Waals surface area (Å²) in [5, 5.41) is 10.6. The monoisotopic (exact) mass is 303 g/mol. The molecule has 1 aromatic carbocycles. The Balaban J connectivity index is 2.45. The normalized spacial score (nSPS) is 10.3. The lowest BCUT2D eigenvalue weighted by atomic mass is 10.1. The first kappa shape index (κ1) is 12.8. The van der Waals surface area contributed by atoms with Crippen LogP contribution in [0.25, 0.3) is 10.9 Å². The minimum Gasteiger partial charge on any atom is -0.358 e. The van der Waals surface area contributed by atoms with Crippen LogP contribution in [0.1, 0.15) is 12.0 Å². The first-order valence-electron chi connectivity index (χ1n) is 5.79. The maximum atomic E-state index is 8.65. The summed E-state index contributed by atoms with van der Waals surface area (Å²) in [6.07, 6.45) is 0.507. The number of benzene rings is 1. The van der Waals surface area contributed by atoms with Crippen LogP contribution in [0.3, 0.4) is 0 Å². The van der Waals surface area contributed by atoms with Crippen molar-refractivity contribution in [1.29, 1.82) is 5.26 Å². The summed E-state index contributed by atoms with van der Waals surface area (Å²) in [5.74, 6) is 0.945. The summed E-state index contributed by atoms with van der Waals surface area (Å²) >= 11 is 3.50. The number of nitrogens with zero attached hydrogens (tertiary/aromatic N) is 3. The highest BCUT2D eigenvalue weighted by Crippen LogP contribution is 2.24. The van der Waals surface area contributed by atoms with Gasteiger partial charge < -0.3 is 4.90 Å². The third-order valence-corrected chi connectivity index (χ3v) is 3.45. The lowest BCUT2D eigenvalue weighted by Crippen LogP contribution is -2.20. The van der Waals surface area contributed by atoms with Gasteiger partial charge in [0.05, 0.1) is 18.0 Å². The minimum absolute atomic E-state index is 0.507. The molecule has 0 N–H and O–H groups in total. The van der Waals surface area contributed by atoms with Gasteiger partial charge in [-0.1, -0.05) is 34.1 Å². The van der Waals surface area contributed by atoms with Gasteiger partial charge in [-0.3, -0.25) is 0 Å². The Kier molecular flexibility index (Phi) is 4.16. The zero-order chi connectivity index (χ0) is 13.0. The lowest BCUT2D eigenvalue weighted by molar-refractivity contribution is 0.882. The van der Waals surface area contributed by atoms with Crippen LogP contribution >= 0.6 is 15.9 Å². The van der Waals surface area contributed by atoms with E-state index in [0.29, 0.717) is 13.0 Å². The molecule has 0 saturated carbocycles. The fourth-order valence-electron chi connectivity index (χ4n) is 1.90. The van der Waals surface area contributed by atoms with Crippen LogP contribution < -0.4 is 4.90 Å². The van der Waals surface area contributed by atoms with E-state index in [1.807, 2.05) is 30.1 Å². The van der Waals surface area contributed by atoms with Crippen molar-refractivity contribution in [3.8, 4) is 6.07 Å². The summed E-state index contributed by atoms with van der Waals surface area (Å²) < 4.78 is 0. The summed E-state index contributed by atoms with van der Waals surface area (Å²) in [7, 11) is 1.97. The molecule has 0 aliphatic carbocycles. The van der Waals surface area contributed by atoms with Crippen molar-refractivity contribution in [3.05, 3.63) is 35.9 Å². The third kappa shape index (κ3) is 2.62. The zero-order valence-electron chi connectivity index (χ0n) is 10.2. The first-order valence-corrected chi connectivity index (χ1v) is 6.91. The Labute approximate surface area is 115 Å². The van der Waals surface area contributed by atoms with E-state index >= 15 is 0 Å². The molecular formula is C14H14BrN3. The molecule has 0 atom stereocenters. The van der Waals surface area contributed by atoms with Gasteiger partial charge in [0.25, 0.3) is 0 Å². The van der Waals surface area contributed by atoms with E-state index in [4.69, 9.17) is 5.26 Å². The minimum atomic E-state index is 0.507. The Morgan fingerprint density at radius 3 is 2.89 bits per heavy atom. The number of anilines is 1. The number of para-hydroxylation sites is 1. The number of pyridine rings is 1. The molecular weight excluding hydrogens is 290 g/mol. The molecule has 92 valence electrons. The van der Waals surface area contributed by atoms with Crippen molar-refractivity contribution in [2.24, 2.45) is 0 Å². The molecule has 3 nitrogen and oxygen atoms in total. The summed E-state index contributed by atoms with van der Waals surface area (Å²) in [4.78, 5) is 6.72. The molecule has 0 amide bonds. The average molecular weight is 304 g/mol. The Morgan fingerprint density at radius 1 is 1.39 bits per heavy atom. The third-order valence-electron chi connectivity index (χ3n) is 2.84. The molecule has 4 heteroatoms. The lowest BCUT2D eigenvalue weighted by Gasteiger charge is -2.20. The van der Waals surface area contributed by atoms with Gasteiger partial charge in [0, 0.05) is 29.9 Å². The van der Waals surface area contributed by atoms with Crippen LogP contribution in [-0.2, 0) is 5.33 Å². The average Bonchev–Trinajstić information content (AvgIpc) is 2.43. The van der Waals surface area contributed by atoms with Gasteiger partial charge in [-0.25, -0.2) is 4.98 Å². The van der Waals surface area contributed by atoms with Gasteiger partial charge in [-0.15, -0.1) is 0 Å². The first-order chi connectivity index (χ1) is 8.76. The van der Waals surface area contributed by atoms with Crippen LogP contribution in [0.2, 0.25) is 0 Å². The second-order valence-corrected chi connectivity index (χ2v) is 4.69. The molecule has 0 saturated heterocycles. The number of rotatable bonds is 4. The second-order valence-electron chi connectivity index (χ2n) is 4.13. The molecule has 2 rings (SSSR count). The number of aromatic nitrogens is 1. The van der Waals surface area contributed by atoms with Crippen LogP contribution in [-0.4, -0.2) is 18.6 Å². The maximum absolute atomic E-state index is 8.65. The van der Waals surface area contributed by atoms with E-state index in [-0.39, 0.29) is 0 Å². The molecule has 18 heavy (non-hydrogen) atoms. The van der Waals surface area contributed by atoms with Gasteiger partial charge in [-0.2, -0.15) is 5.26 Å². The van der Waals surface area contributed by atoms with Crippen molar-refractivity contribution in [2.75, 3.05) is 18.5 Å². The van der Waals surface area contributed by atoms with Crippen LogP contribution in [0.4, 0.5) is 5.82 Å². The van der Waals surface area contributed by atoms with Crippen LogP contribution in [0, 0.1) is 11.3 Å². The molecule has 0 spiro atoms. The standard InChI is InChI=1S/C14H14BrN3/c1-18(8-4-7-16)14-12(10-15)9-11-5-2-3-6-13(11)17-14/h2-3,5-6,9H,4,8,10H2,1H3. The van der Waals surface area contributed by atoms with Crippen molar-refractivity contribution >= 4 is 32.7 Å². The predicted molar refractivity (Wildman–Crippen MR) is 77.9 cm³/mol. The number of fused-ring (bicyclic) bond motifs is 1. The molecule has 0 fully saturated rings. The Bertz CT molecular complexity index is 589. The number of alkyl halides is 1. The smallest absolute Gasteiger partial charge is 0.133 e. The number of halogens is 1. The zero-order valence-corrected chi connectivity index (χ0v) is 11.8. The predicted octanol–water partition coefficient (Wildman–Crippen LogP) is 3.48. The van der Waals surface area contributed by atoms with Gasteiger partial charge >= 0.3 is 0 Å². The number of hydrogen-bond acceptors (Lipinski definition) is 3. The highest BCUT2D eigenvalue weighted by molar-refractivity contribution is 9.08. The molecule has 0 bridgehead atoms. The summed E-state index contributed by atoms with van der Waals surface area (Å²) in [6.45, 7) is 0.696. The van der Waals surface area contributed by atoms with Crippen molar-refractivity contribution in [2.45, 2.75) is 11.8 Å². The van der Waals surface area contributed by atoms with Crippen molar-refractivity contribution in [1.82, 2.24) is 4.98 Å². The van der Waals surface area contributed by atoms with Crippen LogP contribution in [0.15, 0.2) is 30.3 Å². The second kappa shape index (κ2) is 5.83. The van der Waals surface area contributed by atoms with Gasteiger partial charge in [-0.05, 0) is 12.1 Å². The van der Waals surface area contributed by atoms with E-state index in [2.05, 4.69) is 39.1 Å². The van der Waals surface area contributed by atoms with E-state index < -0.39 is 0 Å². The quantitative estimate of drug-likeness (QED) is 0.812. The van der Waals surface area contributed by atoms with E-state index in [1.54, 1.807) is 0 Å². The molecule has 0 aliphatic heterocycles. The Morgan fingerprint density at radius 2 is 2.17 bits per heavy atom. The highest BCUT2D eigenvalue weighted by atomic mass is 79.9. The maximum Gasteiger partial charge on any atom is 0.133 e. The molecule has 0 unspecified atom stereocenters. The number of nitriles is 1. The van der Waals surface area contributed by atoms with Crippen molar-refractivity contribution < 1.29 is 0 Å². The van der Waals surface area contributed by atoms with Crippen LogP contribution in [0.5, 0.6) is 0 Å². The molecule has 0 radical (unpaired) electrons. The summed E-state index contributed by atoms with van der Waals surface area (Å²) in [5.41, 5.74) is 2.13. The molecule has 0 aliphatic rings. The highest BCUT2D eigenvalue weighted by Gasteiger charge is 2.10. The molecule has 2 aromatic rings. The fraction of sp³-hybridized carbons (Fsp3) is 0.286. The summed E-state index contributed by atoms with van der Waals surface area (Å²) in [6, 6.07) is 12.4. The fourth-order valence-corrected chi connectivity index (χ4v) is 2.31. The van der Waals surface area contributed by atoms with Crippen molar-refractivity contribution in [3.63, 3.8) is 0 Å². The van der Waals surface area contributed by atoms with E-state index in [0.717, 1.165) is 27.6 Å². The molecule has 1 aromatic heterocycles. The molecule has 1 heterocycles. The van der Waals surface area contributed by atoms with E-state index in [9.17, 15) is 0 Å².